The molecular weight excluding hydrogens is 448 g/mol. The summed E-state index contributed by atoms with van der Waals surface area (Å²) in [5, 5.41) is 20.4. The molecule has 11 heteroatoms. The molecule has 0 aromatic carbocycles. The van der Waals surface area contributed by atoms with E-state index in [4.69, 9.17) is 5.11 Å². The highest BCUT2D eigenvalue weighted by Gasteiger charge is 2.44. The highest BCUT2D eigenvalue weighted by Crippen LogP contribution is 2.40. The monoisotopic (exact) mass is 469 g/mol. The van der Waals surface area contributed by atoms with Crippen LogP contribution in [-0.4, -0.2) is 62.2 Å². The minimum atomic E-state index is -1.12. The van der Waals surface area contributed by atoms with Crippen LogP contribution in [0.1, 0.15) is 18.4 Å². The van der Waals surface area contributed by atoms with Crippen molar-refractivity contribution in [1.82, 2.24) is 10.2 Å². The van der Waals surface area contributed by atoms with Crippen molar-refractivity contribution < 1.29 is 34.0 Å². The van der Waals surface area contributed by atoms with E-state index in [-0.39, 0.29) is 22.7 Å². The van der Waals surface area contributed by atoms with E-state index in [0.29, 0.717) is 36.4 Å². The molecule has 1 aromatic rings. The smallest absolute Gasteiger partial charge is 0.352 e. The van der Waals surface area contributed by atoms with Crippen LogP contribution in [0.4, 0.5) is 0 Å². The molecule has 0 spiro atoms. The molecule has 1 saturated heterocycles. The number of hydrogen-bond acceptors (Lipinski definition) is 6. The Hall–Kier alpha value is -3.73. The van der Waals surface area contributed by atoms with Gasteiger partial charge in [0.25, 0.3) is 5.91 Å². The predicted molar refractivity (Wildman–Crippen MR) is 119 cm³/mol. The van der Waals surface area contributed by atoms with Crippen LogP contribution in [-0.2, 0) is 25.7 Å². The van der Waals surface area contributed by atoms with E-state index in [1.54, 1.807) is 23.9 Å². The first-order chi connectivity index (χ1) is 15.8. The van der Waals surface area contributed by atoms with Gasteiger partial charge in [-0.2, -0.15) is 0 Å². The van der Waals surface area contributed by atoms with E-state index >= 15 is 0 Å². The van der Waals surface area contributed by atoms with Crippen molar-refractivity contribution in [2.45, 2.75) is 24.8 Å². The maximum absolute atomic E-state index is 11.9. The fourth-order valence-electron chi connectivity index (χ4n) is 3.65. The third-order valence-corrected chi connectivity index (χ3v) is 6.55. The van der Waals surface area contributed by atoms with Gasteiger partial charge in [0.15, 0.2) is 18.9 Å². The molecule has 1 atom stereocenters. The van der Waals surface area contributed by atoms with Gasteiger partial charge in [-0.15, -0.1) is 11.8 Å². The third-order valence-electron chi connectivity index (χ3n) is 5.31. The average Bonchev–Trinajstić information content (AvgIpc) is 3.28. The van der Waals surface area contributed by atoms with Gasteiger partial charge < -0.3 is 15.5 Å². The zero-order chi connectivity index (χ0) is 23.5. The van der Waals surface area contributed by atoms with Gasteiger partial charge in [-0.05, 0) is 11.6 Å². The Labute approximate surface area is 193 Å². The van der Waals surface area contributed by atoms with Crippen molar-refractivity contribution in [3.8, 4) is 0 Å². The van der Waals surface area contributed by atoms with Crippen LogP contribution in [0.5, 0.6) is 0 Å². The lowest BCUT2D eigenvalue weighted by atomic mass is 10.1. The van der Waals surface area contributed by atoms with Crippen molar-refractivity contribution >= 4 is 46.9 Å². The number of aliphatic imine (C=N–C) groups is 1. The number of carbonyl (C=O) groups excluding carboxylic acids is 2. The van der Waals surface area contributed by atoms with Gasteiger partial charge in [0.1, 0.15) is 18.0 Å². The van der Waals surface area contributed by atoms with E-state index in [1.807, 2.05) is 35.2 Å². The van der Waals surface area contributed by atoms with Crippen molar-refractivity contribution in [1.29, 1.82) is 0 Å². The standard InChI is InChI=1S/C22H20N4O6S/c27-17-10-18-26(17)20(22(31)32)14(12-33-18)2-1-7-25-8-5-13(6-9-25)15-3-4-16(24-15)21(30)23-11-19(28)29/h1-3,5-6,8-9,18H,4,7,10-12H2,(H2-,23,28,29,30,31,32)/p+1/b2-1+. The Kier molecular flexibility index (Phi) is 6.40. The lowest BCUT2D eigenvalue weighted by molar-refractivity contribution is -0.687. The predicted octanol–water partition coefficient (Wildman–Crippen LogP) is 0.561. The Morgan fingerprint density at radius 2 is 2.03 bits per heavy atom. The van der Waals surface area contributed by atoms with Crippen molar-refractivity contribution in [3.63, 3.8) is 0 Å². The molecule has 3 aliphatic rings. The van der Waals surface area contributed by atoms with Crippen LogP contribution >= 0.6 is 11.8 Å². The lowest BCUT2D eigenvalue weighted by Crippen LogP contribution is -2.53. The molecule has 1 fully saturated rings. The molecule has 1 unspecified atom stereocenters. The number of allylic oxidation sites excluding steroid dienone is 3. The van der Waals surface area contributed by atoms with Crippen LogP contribution in [0.3, 0.4) is 0 Å². The summed E-state index contributed by atoms with van der Waals surface area (Å²) in [7, 11) is 0. The molecule has 0 aliphatic carbocycles. The molecule has 2 amide bonds. The molecule has 3 N–H and O–H groups in total. The summed E-state index contributed by atoms with van der Waals surface area (Å²) in [4.78, 5) is 51.6. The second-order valence-corrected chi connectivity index (χ2v) is 8.69. The van der Waals surface area contributed by atoms with Crippen molar-refractivity contribution in [2.75, 3.05) is 12.3 Å². The Balaban J connectivity index is 1.38. The van der Waals surface area contributed by atoms with E-state index in [0.717, 1.165) is 5.56 Å². The SMILES string of the molecule is O=C(O)CNC(=O)C1=NC(c2cc[n+](C/C=C/C3=C(C(=O)O)N4C(=O)CC4SC3)cc2)=CC1. The number of aromatic nitrogens is 1. The number of amides is 2. The zero-order valence-electron chi connectivity index (χ0n) is 17.4. The number of β-lactam (4-membered cyclic amide) rings is 1. The summed E-state index contributed by atoms with van der Waals surface area (Å²) < 4.78 is 1.90. The molecule has 33 heavy (non-hydrogen) atoms. The fourth-order valence-corrected chi connectivity index (χ4v) is 4.88. The van der Waals surface area contributed by atoms with E-state index in [9.17, 15) is 24.3 Å². The van der Waals surface area contributed by atoms with Crippen LogP contribution in [0, 0.1) is 0 Å². The summed E-state index contributed by atoms with van der Waals surface area (Å²) in [6.45, 7) is 0.0500. The molecule has 4 rings (SSSR count). The van der Waals surface area contributed by atoms with E-state index in [2.05, 4.69) is 10.3 Å². The van der Waals surface area contributed by atoms with Crippen LogP contribution in [0.2, 0.25) is 0 Å². The largest absolute Gasteiger partial charge is 0.480 e. The molecule has 10 nitrogen and oxygen atoms in total. The molecule has 0 radical (unpaired) electrons. The summed E-state index contributed by atoms with van der Waals surface area (Å²) in [5.74, 6) is -2.32. The van der Waals surface area contributed by atoms with Gasteiger partial charge in [0.2, 0.25) is 5.91 Å². The number of carbonyl (C=O) groups is 4. The number of hydrogen-bond donors (Lipinski definition) is 3. The minimum absolute atomic E-state index is 0.0702. The Morgan fingerprint density at radius 1 is 1.27 bits per heavy atom. The van der Waals surface area contributed by atoms with E-state index in [1.165, 1.54) is 4.90 Å². The normalized spacial score (nSPS) is 19.7. The Morgan fingerprint density at radius 3 is 2.70 bits per heavy atom. The zero-order valence-corrected chi connectivity index (χ0v) is 18.2. The van der Waals surface area contributed by atoms with Crippen molar-refractivity contribution in [3.05, 3.63) is 59.6 Å². The van der Waals surface area contributed by atoms with E-state index < -0.39 is 24.4 Å². The quantitative estimate of drug-likeness (QED) is 0.373. The van der Waals surface area contributed by atoms with Crippen LogP contribution in [0.25, 0.3) is 5.70 Å². The second kappa shape index (κ2) is 9.41. The third kappa shape index (κ3) is 4.87. The number of fused-ring (bicyclic) bond motifs is 1. The molecular formula is C22H21N4O6S+. The minimum Gasteiger partial charge on any atom is -0.480 e. The topological polar surface area (TPSA) is 140 Å². The van der Waals surface area contributed by atoms with Crippen LogP contribution < -0.4 is 9.88 Å². The summed E-state index contributed by atoms with van der Waals surface area (Å²) in [6.07, 6.45) is 9.81. The lowest BCUT2D eigenvalue weighted by Gasteiger charge is -2.43. The summed E-state index contributed by atoms with van der Waals surface area (Å²) in [6, 6.07) is 3.70. The maximum Gasteiger partial charge on any atom is 0.352 e. The number of thioether (sulfide) groups is 1. The van der Waals surface area contributed by atoms with Gasteiger partial charge in [0.05, 0.1) is 17.5 Å². The molecule has 1 aromatic heterocycles. The number of nitrogens with zero attached hydrogens (tertiary/aromatic N) is 3. The molecule has 170 valence electrons. The molecule has 3 aliphatic heterocycles. The average molecular weight is 469 g/mol. The van der Waals surface area contributed by atoms with Crippen LogP contribution in [0.15, 0.2) is 59.0 Å². The highest BCUT2D eigenvalue weighted by molar-refractivity contribution is 8.00. The molecule has 4 heterocycles. The van der Waals surface area contributed by atoms with Gasteiger partial charge in [-0.3, -0.25) is 19.3 Å². The van der Waals surface area contributed by atoms with Gasteiger partial charge in [0, 0.05) is 29.9 Å². The molecule has 0 saturated carbocycles. The van der Waals surface area contributed by atoms with Crippen molar-refractivity contribution in [2.24, 2.45) is 4.99 Å². The number of nitrogens with one attached hydrogen (secondary N) is 1. The number of carboxylic acids is 2. The number of rotatable bonds is 8. The number of aliphatic carboxylic acids is 2. The summed E-state index contributed by atoms with van der Waals surface area (Å²) >= 11 is 1.56. The fraction of sp³-hybridized carbons (Fsp3) is 0.273. The number of pyridine rings is 1. The highest BCUT2D eigenvalue weighted by atomic mass is 32.2. The maximum atomic E-state index is 11.9. The van der Waals surface area contributed by atoms with Gasteiger partial charge in [-0.1, -0.05) is 12.2 Å². The summed E-state index contributed by atoms with van der Waals surface area (Å²) in [5.41, 5.74) is 2.41. The van der Waals surface area contributed by atoms with Gasteiger partial charge in [-0.25, -0.2) is 14.4 Å². The molecule has 0 bridgehead atoms. The Bertz CT molecular complexity index is 1150. The first-order valence-corrected chi connectivity index (χ1v) is 11.2. The number of carboxylic acid groups (broad SMARTS) is 2. The first-order valence-electron chi connectivity index (χ1n) is 10.2. The van der Waals surface area contributed by atoms with Gasteiger partial charge >= 0.3 is 11.9 Å². The first kappa shape index (κ1) is 22.5. The second-order valence-electron chi connectivity index (χ2n) is 7.53.